The lowest BCUT2D eigenvalue weighted by molar-refractivity contribution is 0.611. The highest BCUT2D eigenvalue weighted by Crippen LogP contribution is 2.27. The Morgan fingerprint density at radius 2 is 2.22 bits per heavy atom. The molecule has 5 nitrogen and oxygen atoms in total. The van der Waals surface area contributed by atoms with Crippen molar-refractivity contribution in [1.29, 1.82) is 5.26 Å². The number of hydrogen-bond acceptors (Lipinski definition) is 5. The van der Waals surface area contributed by atoms with Crippen molar-refractivity contribution in [1.82, 2.24) is 10.3 Å². The van der Waals surface area contributed by atoms with Crippen LogP contribution in [-0.2, 0) is 0 Å². The summed E-state index contributed by atoms with van der Waals surface area (Å²) in [6.07, 6.45) is 3.65. The second-order valence-electron chi connectivity index (χ2n) is 4.54. The molecule has 23 heavy (non-hydrogen) atoms. The third-order valence-corrected chi connectivity index (χ3v) is 3.61. The van der Waals surface area contributed by atoms with Crippen molar-refractivity contribution < 1.29 is 8.81 Å². The van der Waals surface area contributed by atoms with Crippen LogP contribution in [0.15, 0.2) is 51.9 Å². The van der Waals surface area contributed by atoms with Gasteiger partial charge in [-0.3, -0.25) is 5.32 Å². The van der Waals surface area contributed by atoms with E-state index in [1.54, 1.807) is 30.3 Å². The fourth-order valence-electron chi connectivity index (χ4n) is 2.02. The monoisotopic (exact) mass is 326 g/mol. The lowest BCUT2D eigenvalue weighted by Gasteiger charge is -1.99. The number of nitrogens with one attached hydrogen (secondary N) is 1. The minimum atomic E-state index is -0.345. The first-order valence-electron chi connectivity index (χ1n) is 6.64. The number of benzene rings is 2. The van der Waals surface area contributed by atoms with E-state index >= 15 is 0 Å². The molecule has 3 aromatic rings. The summed E-state index contributed by atoms with van der Waals surface area (Å²) in [5.41, 5.74) is 2.40. The number of fused-ring (bicyclic) bond motifs is 1. The minimum absolute atomic E-state index is 0.345. The average Bonchev–Trinajstić information content (AvgIpc) is 2.97. The number of halogens is 1. The van der Waals surface area contributed by atoms with Crippen LogP contribution in [0.5, 0.6) is 0 Å². The van der Waals surface area contributed by atoms with E-state index in [1.807, 2.05) is 12.4 Å². The van der Waals surface area contributed by atoms with Gasteiger partial charge in [0.05, 0.1) is 5.69 Å². The zero-order valence-corrected chi connectivity index (χ0v) is 12.9. The van der Waals surface area contributed by atoms with Crippen molar-refractivity contribution in [2.45, 2.75) is 0 Å². The standard InChI is InChI=1S/C16H11FN4OS/c1-23-16(19-9-18)20-12-5-6-13-14(8-12)22-15(21-13)10-3-2-4-11(17)7-10/h2-8H,1H3,(H,19,20). The molecule has 1 heterocycles. The Balaban J connectivity index is 2.00. The minimum Gasteiger partial charge on any atom is -0.436 e. The SMILES string of the molecule is CSC(=Nc1ccc2nc(-c3cccc(F)c3)oc2c1)NC#N. The van der Waals surface area contributed by atoms with Crippen molar-refractivity contribution >= 4 is 33.7 Å². The Hall–Kier alpha value is -2.85. The van der Waals surface area contributed by atoms with E-state index in [1.165, 1.54) is 23.9 Å². The van der Waals surface area contributed by atoms with Crippen LogP contribution in [0.1, 0.15) is 0 Å². The highest BCUT2D eigenvalue weighted by atomic mass is 32.2. The molecule has 0 amide bonds. The second-order valence-corrected chi connectivity index (χ2v) is 5.33. The first-order chi connectivity index (χ1) is 11.2. The average molecular weight is 326 g/mol. The molecule has 1 aromatic heterocycles. The molecule has 0 aliphatic heterocycles. The molecule has 0 saturated heterocycles. The molecule has 114 valence electrons. The summed E-state index contributed by atoms with van der Waals surface area (Å²) < 4.78 is 19.0. The Kier molecular flexibility index (Phi) is 4.26. The van der Waals surface area contributed by atoms with Gasteiger partial charge in [-0.25, -0.2) is 14.4 Å². The van der Waals surface area contributed by atoms with E-state index in [9.17, 15) is 4.39 Å². The maximum Gasteiger partial charge on any atom is 0.227 e. The van der Waals surface area contributed by atoms with Crippen molar-refractivity contribution in [2.24, 2.45) is 4.99 Å². The number of hydrogen-bond donors (Lipinski definition) is 1. The number of oxazole rings is 1. The van der Waals surface area contributed by atoms with Crippen LogP contribution >= 0.6 is 11.8 Å². The lowest BCUT2D eigenvalue weighted by atomic mass is 10.2. The second kappa shape index (κ2) is 6.50. The molecular formula is C16H11FN4OS. The largest absolute Gasteiger partial charge is 0.436 e. The van der Waals surface area contributed by atoms with Gasteiger partial charge < -0.3 is 4.42 Å². The summed E-state index contributed by atoms with van der Waals surface area (Å²) in [5, 5.41) is 11.6. The topological polar surface area (TPSA) is 74.2 Å². The number of nitrogens with zero attached hydrogens (tertiary/aromatic N) is 3. The highest BCUT2D eigenvalue weighted by Gasteiger charge is 2.09. The van der Waals surface area contributed by atoms with Crippen LogP contribution < -0.4 is 5.32 Å². The third kappa shape index (κ3) is 3.33. The fraction of sp³-hybridized carbons (Fsp3) is 0.0625. The van der Waals surface area contributed by atoms with Gasteiger partial charge in [0.2, 0.25) is 5.89 Å². The predicted octanol–water partition coefficient (Wildman–Crippen LogP) is 4.06. The van der Waals surface area contributed by atoms with Crippen LogP contribution in [0.3, 0.4) is 0 Å². The smallest absolute Gasteiger partial charge is 0.227 e. The van der Waals surface area contributed by atoms with Gasteiger partial charge >= 0.3 is 0 Å². The molecular weight excluding hydrogens is 315 g/mol. The molecule has 2 aromatic carbocycles. The molecule has 3 rings (SSSR count). The molecule has 0 aliphatic rings. The van der Waals surface area contributed by atoms with Crippen molar-refractivity contribution in [3.8, 4) is 17.6 Å². The molecule has 0 saturated carbocycles. The summed E-state index contributed by atoms with van der Waals surface area (Å²) in [6, 6.07) is 11.3. The van der Waals surface area contributed by atoms with Crippen molar-refractivity contribution in [2.75, 3.05) is 6.26 Å². The normalized spacial score (nSPS) is 11.4. The van der Waals surface area contributed by atoms with Gasteiger partial charge in [-0.1, -0.05) is 17.8 Å². The number of aromatic nitrogens is 1. The highest BCUT2D eigenvalue weighted by molar-refractivity contribution is 8.13. The number of rotatable bonds is 2. The van der Waals surface area contributed by atoms with E-state index in [4.69, 9.17) is 9.68 Å². The molecule has 0 unspecified atom stereocenters. The van der Waals surface area contributed by atoms with Crippen molar-refractivity contribution in [3.63, 3.8) is 0 Å². The first kappa shape index (κ1) is 15.1. The Morgan fingerprint density at radius 3 is 2.96 bits per heavy atom. The summed E-state index contributed by atoms with van der Waals surface area (Å²) in [5.74, 6) is 0.00287. The van der Waals surface area contributed by atoms with Crippen molar-refractivity contribution in [3.05, 3.63) is 48.3 Å². The lowest BCUT2D eigenvalue weighted by Crippen LogP contribution is -2.12. The first-order valence-corrected chi connectivity index (χ1v) is 7.86. The predicted molar refractivity (Wildman–Crippen MR) is 88.8 cm³/mol. The zero-order valence-electron chi connectivity index (χ0n) is 12.1. The molecule has 1 N–H and O–H groups in total. The Bertz CT molecular complexity index is 929. The Morgan fingerprint density at radius 1 is 1.35 bits per heavy atom. The van der Waals surface area contributed by atoms with Gasteiger partial charge in [0.1, 0.15) is 11.3 Å². The van der Waals surface area contributed by atoms with Crippen LogP contribution in [0.4, 0.5) is 10.1 Å². The summed E-state index contributed by atoms with van der Waals surface area (Å²) in [4.78, 5) is 8.66. The molecule has 0 spiro atoms. The third-order valence-electron chi connectivity index (χ3n) is 3.03. The fourth-order valence-corrected chi connectivity index (χ4v) is 2.36. The Labute approximate surface area is 135 Å². The van der Waals surface area contributed by atoms with E-state index in [2.05, 4.69) is 15.3 Å². The number of amidine groups is 1. The molecule has 0 aliphatic carbocycles. The van der Waals surface area contributed by atoms with Crippen LogP contribution in [0, 0.1) is 17.3 Å². The van der Waals surface area contributed by atoms with Crippen LogP contribution in [0.25, 0.3) is 22.6 Å². The summed E-state index contributed by atoms with van der Waals surface area (Å²) in [6.45, 7) is 0. The quantitative estimate of drug-likeness (QED) is 0.333. The van der Waals surface area contributed by atoms with Crippen LogP contribution in [-0.4, -0.2) is 16.4 Å². The van der Waals surface area contributed by atoms with E-state index in [0.29, 0.717) is 33.4 Å². The van der Waals surface area contributed by atoms with Gasteiger partial charge in [0, 0.05) is 11.6 Å². The molecule has 0 fully saturated rings. The van der Waals surface area contributed by atoms with E-state index < -0.39 is 0 Å². The number of thioether (sulfide) groups is 1. The zero-order chi connectivity index (χ0) is 16.2. The maximum absolute atomic E-state index is 13.3. The van der Waals surface area contributed by atoms with Gasteiger partial charge in [0.15, 0.2) is 16.9 Å². The summed E-state index contributed by atoms with van der Waals surface area (Å²) >= 11 is 1.33. The van der Waals surface area contributed by atoms with Gasteiger partial charge in [0.25, 0.3) is 0 Å². The number of nitriles is 1. The van der Waals surface area contributed by atoms with E-state index in [-0.39, 0.29) is 5.82 Å². The molecule has 7 heteroatoms. The van der Waals surface area contributed by atoms with Gasteiger partial charge in [-0.15, -0.1) is 0 Å². The number of aliphatic imine (C=N–C) groups is 1. The molecule has 0 bridgehead atoms. The van der Waals surface area contributed by atoms with Crippen LogP contribution in [0.2, 0.25) is 0 Å². The van der Waals surface area contributed by atoms with E-state index in [0.717, 1.165) is 0 Å². The van der Waals surface area contributed by atoms with Gasteiger partial charge in [-0.05, 0) is 36.6 Å². The maximum atomic E-state index is 13.3. The summed E-state index contributed by atoms with van der Waals surface area (Å²) in [7, 11) is 0. The van der Waals surface area contributed by atoms with Gasteiger partial charge in [-0.2, -0.15) is 5.26 Å². The molecule has 0 radical (unpaired) electrons. The molecule has 0 atom stereocenters.